The molecule has 0 aliphatic rings. The van der Waals surface area contributed by atoms with Gasteiger partial charge in [-0.25, -0.2) is 9.97 Å². The summed E-state index contributed by atoms with van der Waals surface area (Å²) in [5, 5.41) is 3.05. The second-order valence-electron chi connectivity index (χ2n) is 4.03. The van der Waals surface area contributed by atoms with Crippen molar-refractivity contribution < 1.29 is 4.74 Å². The Balaban J connectivity index is 2.58. The van der Waals surface area contributed by atoms with E-state index in [1.165, 1.54) is 0 Å². The highest BCUT2D eigenvalue weighted by Crippen LogP contribution is 2.28. The zero-order valence-corrected chi connectivity index (χ0v) is 12.7. The molecule has 0 saturated heterocycles. The van der Waals surface area contributed by atoms with Gasteiger partial charge in [0.05, 0.1) is 16.8 Å². The molecule has 0 aromatic carbocycles. The maximum Gasteiger partial charge on any atom is 0.162 e. The van der Waals surface area contributed by atoms with Crippen LogP contribution in [0, 0.1) is 6.92 Å². The molecule has 0 amide bonds. The lowest BCUT2D eigenvalue weighted by molar-refractivity contribution is 0.181. The highest BCUT2D eigenvalue weighted by molar-refractivity contribution is 9.10. The number of rotatable bonds is 4. The Morgan fingerprint density at radius 1 is 1.37 bits per heavy atom. The van der Waals surface area contributed by atoms with Gasteiger partial charge in [-0.15, -0.1) is 0 Å². The molecule has 6 heteroatoms. The first kappa shape index (κ1) is 13.9. The largest absolute Gasteiger partial charge is 0.378 e. The molecule has 0 unspecified atom stereocenters. The predicted molar refractivity (Wildman–Crippen MR) is 78.0 cm³/mol. The van der Waals surface area contributed by atoms with Gasteiger partial charge < -0.3 is 10.1 Å². The van der Waals surface area contributed by atoms with Gasteiger partial charge in [0.15, 0.2) is 5.82 Å². The summed E-state index contributed by atoms with van der Waals surface area (Å²) < 4.78 is 6.00. The van der Waals surface area contributed by atoms with E-state index in [9.17, 15) is 0 Å². The quantitative estimate of drug-likeness (QED) is 0.937. The van der Waals surface area contributed by atoms with Gasteiger partial charge in [-0.05, 0) is 34.5 Å². The van der Waals surface area contributed by atoms with E-state index in [1.54, 1.807) is 19.5 Å². The molecular weight excluding hydrogens is 308 g/mol. The summed E-state index contributed by atoms with van der Waals surface area (Å²) in [7, 11) is 3.47. The fourth-order valence-electron chi connectivity index (χ4n) is 1.74. The van der Waals surface area contributed by atoms with E-state index >= 15 is 0 Å². The molecule has 2 aromatic heterocycles. The third kappa shape index (κ3) is 2.90. The van der Waals surface area contributed by atoms with E-state index < -0.39 is 0 Å². The zero-order chi connectivity index (χ0) is 13.8. The molecule has 0 atom stereocenters. The number of halogens is 1. The summed E-state index contributed by atoms with van der Waals surface area (Å²) in [6.45, 7) is 2.41. The third-order valence-corrected chi connectivity index (χ3v) is 3.53. The molecule has 100 valence electrons. The standard InChI is InChI=1S/C13H15BrN4O/c1-8-6-16-5-4-9(8)12-17-10(7-19-3)11(14)13(15-2)18-12/h4-6H,7H2,1-3H3,(H,15,17,18). The Morgan fingerprint density at radius 3 is 2.79 bits per heavy atom. The van der Waals surface area contributed by atoms with E-state index in [0.29, 0.717) is 12.4 Å². The summed E-state index contributed by atoms with van der Waals surface area (Å²) in [6, 6.07) is 1.91. The molecule has 1 N–H and O–H groups in total. The second-order valence-corrected chi connectivity index (χ2v) is 4.82. The van der Waals surface area contributed by atoms with Crippen LogP contribution in [0.3, 0.4) is 0 Å². The first-order valence-electron chi connectivity index (χ1n) is 5.81. The smallest absolute Gasteiger partial charge is 0.162 e. The van der Waals surface area contributed by atoms with Gasteiger partial charge in [0.2, 0.25) is 0 Å². The minimum absolute atomic E-state index is 0.426. The highest BCUT2D eigenvalue weighted by Gasteiger charge is 2.13. The van der Waals surface area contributed by atoms with Crippen molar-refractivity contribution in [3.8, 4) is 11.4 Å². The zero-order valence-electron chi connectivity index (χ0n) is 11.1. The Morgan fingerprint density at radius 2 is 2.16 bits per heavy atom. The van der Waals surface area contributed by atoms with Crippen LogP contribution in [0.25, 0.3) is 11.4 Å². The van der Waals surface area contributed by atoms with Gasteiger partial charge in [-0.2, -0.15) is 0 Å². The number of nitrogens with one attached hydrogen (secondary N) is 1. The molecule has 0 saturated carbocycles. The van der Waals surface area contributed by atoms with Crippen LogP contribution in [0.1, 0.15) is 11.3 Å². The van der Waals surface area contributed by atoms with Crippen LogP contribution in [-0.2, 0) is 11.3 Å². The summed E-state index contributed by atoms with van der Waals surface area (Å²) in [5.74, 6) is 1.41. The lowest BCUT2D eigenvalue weighted by Crippen LogP contribution is -2.04. The topological polar surface area (TPSA) is 59.9 Å². The number of methoxy groups -OCH3 is 1. The molecule has 19 heavy (non-hydrogen) atoms. The Hall–Kier alpha value is -1.53. The molecule has 0 spiro atoms. The number of anilines is 1. The van der Waals surface area contributed by atoms with E-state index in [-0.39, 0.29) is 0 Å². The van der Waals surface area contributed by atoms with Crippen molar-refractivity contribution in [3.63, 3.8) is 0 Å². The number of hydrogen-bond donors (Lipinski definition) is 1. The fraction of sp³-hybridized carbons (Fsp3) is 0.308. The van der Waals surface area contributed by atoms with Crippen LogP contribution in [0.4, 0.5) is 5.82 Å². The van der Waals surface area contributed by atoms with Gasteiger partial charge in [0.1, 0.15) is 5.82 Å². The second kappa shape index (κ2) is 6.08. The highest BCUT2D eigenvalue weighted by atomic mass is 79.9. The van der Waals surface area contributed by atoms with Crippen molar-refractivity contribution in [1.82, 2.24) is 15.0 Å². The molecule has 2 rings (SSSR count). The Bertz CT molecular complexity index is 589. The number of pyridine rings is 1. The molecule has 0 bridgehead atoms. The molecule has 0 aliphatic carbocycles. The van der Waals surface area contributed by atoms with Crippen LogP contribution in [-0.4, -0.2) is 29.1 Å². The van der Waals surface area contributed by atoms with Crippen molar-refractivity contribution in [2.75, 3.05) is 19.5 Å². The van der Waals surface area contributed by atoms with Gasteiger partial charge >= 0.3 is 0 Å². The monoisotopic (exact) mass is 322 g/mol. The maximum absolute atomic E-state index is 5.17. The SMILES string of the molecule is CNc1nc(-c2ccncc2C)nc(COC)c1Br. The van der Waals surface area contributed by atoms with Crippen molar-refractivity contribution in [2.45, 2.75) is 13.5 Å². The van der Waals surface area contributed by atoms with Gasteiger partial charge in [0, 0.05) is 32.1 Å². The van der Waals surface area contributed by atoms with E-state index in [2.05, 4.69) is 36.2 Å². The normalized spacial score (nSPS) is 10.5. The van der Waals surface area contributed by atoms with E-state index in [0.717, 1.165) is 27.1 Å². The lowest BCUT2D eigenvalue weighted by atomic mass is 10.1. The summed E-state index contributed by atoms with van der Waals surface area (Å²) in [5.41, 5.74) is 2.82. The summed E-state index contributed by atoms with van der Waals surface area (Å²) in [4.78, 5) is 13.1. The van der Waals surface area contributed by atoms with E-state index in [1.807, 2.05) is 20.0 Å². The number of ether oxygens (including phenoxy) is 1. The Labute approximate surface area is 120 Å². The molecule has 5 nitrogen and oxygen atoms in total. The number of hydrogen-bond acceptors (Lipinski definition) is 5. The van der Waals surface area contributed by atoms with Gasteiger partial charge in [0.25, 0.3) is 0 Å². The summed E-state index contributed by atoms with van der Waals surface area (Å²) in [6.07, 6.45) is 3.54. The first-order valence-corrected chi connectivity index (χ1v) is 6.60. The van der Waals surface area contributed by atoms with Crippen LogP contribution in [0.15, 0.2) is 22.9 Å². The van der Waals surface area contributed by atoms with Crippen LogP contribution < -0.4 is 5.32 Å². The number of nitrogens with zero attached hydrogens (tertiary/aromatic N) is 3. The van der Waals surface area contributed by atoms with Gasteiger partial charge in [-0.1, -0.05) is 0 Å². The fourth-order valence-corrected chi connectivity index (χ4v) is 2.23. The van der Waals surface area contributed by atoms with Crippen LogP contribution >= 0.6 is 15.9 Å². The first-order chi connectivity index (χ1) is 9.17. The molecule has 0 fully saturated rings. The molecule has 0 aliphatic heterocycles. The minimum Gasteiger partial charge on any atom is -0.378 e. The van der Waals surface area contributed by atoms with Crippen molar-refractivity contribution in [3.05, 3.63) is 34.2 Å². The number of aromatic nitrogens is 3. The van der Waals surface area contributed by atoms with E-state index in [4.69, 9.17) is 4.74 Å². The average molecular weight is 323 g/mol. The predicted octanol–water partition coefficient (Wildman–Crippen LogP) is 2.80. The van der Waals surface area contributed by atoms with Crippen molar-refractivity contribution >= 4 is 21.7 Å². The number of aryl methyl sites for hydroxylation is 1. The van der Waals surface area contributed by atoms with Crippen LogP contribution in [0.2, 0.25) is 0 Å². The van der Waals surface area contributed by atoms with Gasteiger partial charge in [-0.3, -0.25) is 4.98 Å². The van der Waals surface area contributed by atoms with Crippen molar-refractivity contribution in [2.24, 2.45) is 0 Å². The molecule has 2 aromatic rings. The van der Waals surface area contributed by atoms with Crippen LogP contribution in [0.5, 0.6) is 0 Å². The minimum atomic E-state index is 0.426. The Kier molecular flexibility index (Phi) is 4.44. The van der Waals surface area contributed by atoms with Crippen molar-refractivity contribution in [1.29, 1.82) is 0 Å². The third-order valence-electron chi connectivity index (χ3n) is 2.70. The molecule has 2 heterocycles. The summed E-state index contributed by atoms with van der Waals surface area (Å²) >= 11 is 3.49. The average Bonchev–Trinajstić information content (AvgIpc) is 2.42. The molecule has 0 radical (unpaired) electrons. The maximum atomic E-state index is 5.17. The lowest BCUT2D eigenvalue weighted by Gasteiger charge is -2.11. The molecular formula is C13H15BrN4O.